The Balaban J connectivity index is 2.45. The fourth-order valence-electron chi connectivity index (χ4n) is 2.61. The molecular formula is C17H29N. The van der Waals surface area contributed by atoms with Crippen LogP contribution in [0.15, 0.2) is 24.3 Å². The number of hydrogen-bond acceptors (Lipinski definition) is 1. The van der Waals surface area contributed by atoms with Gasteiger partial charge < -0.3 is 5.73 Å². The molecule has 0 saturated heterocycles. The predicted octanol–water partition coefficient (Wildman–Crippen LogP) is 4.47. The van der Waals surface area contributed by atoms with Gasteiger partial charge in [-0.3, -0.25) is 0 Å². The van der Waals surface area contributed by atoms with Crippen LogP contribution in [0.4, 0.5) is 0 Å². The quantitative estimate of drug-likeness (QED) is 0.720. The van der Waals surface area contributed by atoms with Crippen molar-refractivity contribution < 1.29 is 0 Å². The molecule has 1 aromatic carbocycles. The summed E-state index contributed by atoms with van der Waals surface area (Å²) < 4.78 is 0. The number of unbranched alkanes of at least 4 members (excludes halogenated alkanes) is 1. The number of rotatable bonds is 8. The summed E-state index contributed by atoms with van der Waals surface area (Å²) in [6.07, 6.45) is 7.44. The van der Waals surface area contributed by atoms with Crippen LogP contribution in [0.25, 0.3) is 0 Å². The van der Waals surface area contributed by atoms with E-state index in [2.05, 4.69) is 45.0 Å². The van der Waals surface area contributed by atoms with Gasteiger partial charge in [0.1, 0.15) is 0 Å². The second kappa shape index (κ2) is 8.31. The van der Waals surface area contributed by atoms with Gasteiger partial charge in [0.25, 0.3) is 0 Å². The van der Waals surface area contributed by atoms with Gasteiger partial charge in [-0.1, -0.05) is 63.8 Å². The van der Waals surface area contributed by atoms with Crippen molar-refractivity contribution in [3.63, 3.8) is 0 Å². The maximum atomic E-state index is 6.32. The first-order valence-electron chi connectivity index (χ1n) is 7.47. The summed E-state index contributed by atoms with van der Waals surface area (Å²) in [6.45, 7) is 6.73. The van der Waals surface area contributed by atoms with E-state index in [4.69, 9.17) is 5.73 Å². The van der Waals surface area contributed by atoms with Crippen LogP contribution >= 0.6 is 0 Å². The molecule has 1 heteroatoms. The molecule has 0 heterocycles. The summed E-state index contributed by atoms with van der Waals surface area (Å²) in [7, 11) is 0. The summed E-state index contributed by atoms with van der Waals surface area (Å²) in [5, 5.41) is 0. The van der Waals surface area contributed by atoms with Gasteiger partial charge >= 0.3 is 0 Å². The molecule has 2 atom stereocenters. The molecular weight excluding hydrogens is 218 g/mol. The lowest BCUT2D eigenvalue weighted by molar-refractivity contribution is 0.383. The molecule has 0 aliphatic heterocycles. The van der Waals surface area contributed by atoms with E-state index < -0.39 is 0 Å². The van der Waals surface area contributed by atoms with Gasteiger partial charge in [0.15, 0.2) is 0 Å². The van der Waals surface area contributed by atoms with Crippen molar-refractivity contribution in [2.75, 3.05) is 0 Å². The molecule has 2 unspecified atom stereocenters. The van der Waals surface area contributed by atoms with Gasteiger partial charge in [0, 0.05) is 6.04 Å². The van der Waals surface area contributed by atoms with Gasteiger partial charge in [-0.2, -0.15) is 0 Å². The molecule has 102 valence electrons. The molecule has 0 aliphatic rings. The molecule has 0 radical (unpaired) electrons. The Labute approximate surface area is 113 Å². The standard InChI is InChI=1S/C17H29N/c1-4-6-10-15(5-2)12-17(18)13-16-11-8-7-9-14(16)3/h7-9,11,15,17H,4-6,10,12-13,18H2,1-3H3. The minimum absolute atomic E-state index is 0.313. The third-order valence-corrected chi connectivity index (χ3v) is 3.92. The second-order valence-electron chi connectivity index (χ2n) is 5.54. The van der Waals surface area contributed by atoms with Crippen molar-refractivity contribution in [3.05, 3.63) is 35.4 Å². The fraction of sp³-hybridized carbons (Fsp3) is 0.647. The third kappa shape index (κ3) is 5.22. The topological polar surface area (TPSA) is 26.0 Å². The van der Waals surface area contributed by atoms with Crippen LogP contribution in [0, 0.1) is 12.8 Å². The highest BCUT2D eigenvalue weighted by molar-refractivity contribution is 5.26. The minimum atomic E-state index is 0.313. The van der Waals surface area contributed by atoms with E-state index >= 15 is 0 Å². The van der Waals surface area contributed by atoms with Crippen molar-refractivity contribution in [1.29, 1.82) is 0 Å². The summed E-state index contributed by atoms with van der Waals surface area (Å²) >= 11 is 0. The highest BCUT2D eigenvalue weighted by atomic mass is 14.6. The van der Waals surface area contributed by atoms with E-state index in [1.165, 1.54) is 43.2 Å². The highest BCUT2D eigenvalue weighted by Crippen LogP contribution is 2.20. The zero-order valence-corrected chi connectivity index (χ0v) is 12.3. The van der Waals surface area contributed by atoms with Gasteiger partial charge in [0.05, 0.1) is 0 Å². The van der Waals surface area contributed by atoms with Crippen LogP contribution in [0.5, 0.6) is 0 Å². The maximum absolute atomic E-state index is 6.32. The van der Waals surface area contributed by atoms with Gasteiger partial charge in [0.2, 0.25) is 0 Å². The van der Waals surface area contributed by atoms with E-state index in [9.17, 15) is 0 Å². The van der Waals surface area contributed by atoms with Gasteiger partial charge in [-0.05, 0) is 36.8 Å². The number of benzene rings is 1. The normalized spacial score (nSPS) is 14.4. The Morgan fingerprint density at radius 2 is 1.89 bits per heavy atom. The van der Waals surface area contributed by atoms with Crippen LogP contribution in [-0.2, 0) is 6.42 Å². The van der Waals surface area contributed by atoms with Gasteiger partial charge in [-0.25, -0.2) is 0 Å². The second-order valence-corrected chi connectivity index (χ2v) is 5.54. The maximum Gasteiger partial charge on any atom is 0.00820 e. The van der Waals surface area contributed by atoms with Crippen LogP contribution in [0.3, 0.4) is 0 Å². The van der Waals surface area contributed by atoms with Crippen molar-refractivity contribution in [1.82, 2.24) is 0 Å². The molecule has 0 bridgehead atoms. The van der Waals surface area contributed by atoms with Crippen LogP contribution in [-0.4, -0.2) is 6.04 Å². The summed E-state index contributed by atoms with van der Waals surface area (Å²) in [5.41, 5.74) is 9.11. The first-order valence-corrected chi connectivity index (χ1v) is 7.47. The van der Waals surface area contributed by atoms with E-state index in [1.54, 1.807) is 0 Å². The lowest BCUT2D eigenvalue weighted by Crippen LogP contribution is -2.26. The average molecular weight is 247 g/mol. The summed E-state index contributed by atoms with van der Waals surface area (Å²) in [6, 6.07) is 8.91. The molecule has 0 saturated carbocycles. The lowest BCUT2D eigenvalue weighted by atomic mass is 9.89. The molecule has 1 nitrogen and oxygen atoms in total. The summed E-state index contributed by atoms with van der Waals surface area (Å²) in [5.74, 6) is 0.809. The van der Waals surface area contributed by atoms with Gasteiger partial charge in [-0.15, -0.1) is 0 Å². The monoisotopic (exact) mass is 247 g/mol. The zero-order chi connectivity index (χ0) is 13.4. The molecule has 0 aliphatic carbocycles. The van der Waals surface area contributed by atoms with Crippen LogP contribution < -0.4 is 5.73 Å². The van der Waals surface area contributed by atoms with Crippen molar-refractivity contribution in [3.8, 4) is 0 Å². The molecule has 0 fully saturated rings. The van der Waals surface area contributed by atoms with Crippen molar-refractivity contribution in [2.45, 2.75) is 65.3 Å². The Bertz CT molecular complexity index is 332. The van der Waals surface area contributed by atoms with Crippen molar-refractivity contribution >= 4 is 0 Å². The smallest absolute Gasteiger partial charge is 0.00820 e. The Morgan fingerprint density at radius 3 is 2.50 bits per heavy atom. The first-order chi connectivity index (χ1) is 8.67. The zero-order valence-electron chi connectivity index (χ0n) is 12.3. The van der Waals surface area contributed by atoms with E-state index in [0.29, 0.717) is 6.04 Å². The predicted molar refractivity (Wildman–Crippen MR) is 80.8 cm³/mol. The lowest BCUT2D eigenvalue weighted by Gasteiger charge is -2.20. The molecule has 0 amide bonds. The molecule has 0 spiro atoms. The molecule has 18 heavy (non-hydrogen) atoms. The van der Waals surface area contributed by atoms with E-state index in [-0.39, 0.29) is 0 Å². The van der Waals surface area contributed by atoms with Crippen molar-refractivity contribution in [2.24, 2.45) is 11.7 Å². The largest absolute Gasteiger partial charge is 0.327 e. The fourth-order valence-corrected chi connectivity index (χ4v) is 2.61. The molecule has 0 aromatic heterocycles. The summed E-state index contributed by atoms with van der Waals surface area (Å²) in [4.78, 5) is 0. The highest BCUT2D eigenvalue weighted by Gasteiger charge is 2.12. The molecule has 2 N–H and O–H groups in total. The van der Waals surface area contributed by atoms with E-state index in [0.717, 1.165) is 12.3 Å². The Morgan fingerprint density at radius 1 is 1.17 bits per heavy atom. The number of nitrogens with two attached hydrogens (primary N) is 1. The Kier molecular flexibility index (Phi) is 7.04. The van der Waals surface area contributed by atoms with E-state index in [1.807, 2.05) is 0 Å². The minimum Gasteiger partial charge on any atom is -0.327 e. The Hall–Kier alpha value is -0.820. The number of hydrogen-bond donors (Lipinski definition) is 1. The van der Waals surface area contributed by atoms with Crippen LogP contribution in [0.2, 0.25) is 0 Å². The average Bonchev–Trinajstić information content (AvgIpc) is 2.37. The third-order valence-electron chi connectivity index (χ3n) is 3.92. The van der Waals surface area contributed by atoms with Crippen LogP contribution in [0.1, 0.15) is 57.1 Å². The SMILES string of the molecule is CCCCC(CC)CC(N)Cc1ccccc1C. The first kappa shape index (κ1) is 15.2. The number of aryl methyl sites for hydroxylation is 1. The molecule has 1 rings (SSSR count). The molecule has 1 aromatic rings.